The molecular formula is C15H26N2O2S2. The zero-order valence-corrected chi connectivity index (χ0v) is 14.7. The minimum absolute atomic E-state index is 0.0200. The molecule has 0 saturated heterocycles. The quantitative estimate of drug-likeness (QED) is 0.684. The first kappa shape index (κ1) is 16.9. The van der Waals surface area contributed by atoms with Crippen LogP contribution in [0.3, 0.4) is 0 Å². The van der Waals surface area contributed by atoms with E-state index in [4.69, 9.17) is 0 Å². The maximum absolute atomic E-state index is 12.4. The molecule has 1 aliphatic carbocycles. The monoisotopic (exact) mass is 330 g/mol. The summed E-state index contributed by atoms with van der Waals surface area (Å²) in [5, 5.41) is 3.33. The third kappa shape index (κ3) is 5.06. The second-order valence-corrected chi connectivity index (χ2v) is 9.13. The molecule has 0 aromatic carbocycles. The van der Waals surface area contributed by atoms with Crippen LogP contribution < -0.4 is 10.0 Å². The number of nitrogens with one attached hydrogen (secondary N) is 2. The Balaban J connectivity index is 1.99. The van der Waals surface area contributed by atoms with Gasteiger partial charge in [0.1, 0.15) is 4.21 Å². The van der Waals surface area contributed by atoms with E-state index in [1.54, 1.807) is 6.07 Å². The van der Waals surface area contributed by atoms with E-state index in [1.165, 1.54) is 24.2 Å². The molecule has 1 atom stereocenters. The van der Waals surface area contributed by atoms with Crippen LogP contribution in [0.15, 0.2) is 10.3 Å². The van der Waals surface area contributed by atoms with E-state index in [-0.39, 0.29) is 6.04 Å². The first-order valence-corrected chi connectivity index (χ1v) is 10.0. The van der Waals surface area contributed by atoms with Crippen LogP contribution in [0.2, 0.25) is 0 Å². The van der Waals surface area contributed by atoms with Crippen LogP contribution in [0.1, 0.15) is 50.0 Å². The van der Waals surface area contributed by atoms with Gasteiger partial charge in [0.25, 0.3) is 0 Å². The number of thiophene rings is 1. The first-order valence-electron chi connectivity index (χ1n) is 7.74. The molecule has 4 nitrogen and oxygen atoms in total. The van der Waals surface area contributed by atoms with Gasteiger partial charge < -0.3 is 5.32 Å². The smallest absolute Gasteiger partial charge is 0.250 e. The molecule has 2 rings (SSSR count). The van der Waals surface area contributed by atoms with Crippen LogP contribution in [0.5, 0.6) is 0 Å². The van der Waals surface area contributed by atoms with Crippen LogP contribution >= 0.6 is 11.3 Å². The van der Waals surface area contributed by atoms with Gasteiger partial charge in [0.2, 0.25) is 10.0 Å². The lowest BCUT2D eigenvalue weighted by Crippen LogP contribution is -2.32. The lowest BCUT2D eigenvalue weighted by molar-refractivity contribution is 0.531. The van der Waals surface area contributed by atoms with E-state index in [1.807, 2.05) is 13.8 Å². The minimum Gasteiger partial charge on any atom is -0.312 e. The lowest BCUT2D eigenvalue weighted by Gasteiger charge is -2.12. The molecule has 0 bridgehead atoms. The van der Waals surface area contributed by atoms with Crippen LogP contribution in [-0.2, 0) is 16.6 Å². The predicted molar refractivity (Wildman–Crippen MR) is 88.2 cm³/mol. The molecule has 0 radical (unpaired) electrons. The highest BCUT2D eigenvalue weighted by atomic mass is 32.2. The summed E-state index contributed by atoms with van der Waals surface area (Å²) in [6.45, 7) is 7.76. The Morgan fingerprint density at radius 1 is 1.43 bits per heavy atom. The van der Waals surface area contributed by atoms with E-state index in [2.05, 4.69) is 17.0 Å². The van der Waals surface area contributed by atoms with Gasteiger partial charge in [0.05, 0.1) is 0 Å². The van der Waals surface area contributed by atoms with Crippen molar-refractivity contribution in [2.24, 2.45) is 5.92 Å². The molecule has 1 heterocycles. The number of aryl methyl sites for hydroxylation is 1. The molecule has 6 heteroatoms. The summed E-state index contributed by atoms with van der Waals surface area (Å²) in [5.41, 5.74) is 1.05. The maximum Gasteiger partial charge on any atom is 0.250 e. The third-order valence-electron chi connectivity index (χ3n) is 3.72. The highest BCUT2D eigenvalue weighted by Crippen LogP contribution is 2.34. The Kier molecular flexibility index (Phi) is 5.82. The highest BCUT2D eigenvalue weighted by Gasteiger charge is 2.27. The number of sulfonamides is 1. The van der Waals surface area contributed by atoms with Crippen LogP contribution in [0.4, 0.5) is 0 Å². The normalized spacial score (nSPS) is 17.1. The molecule has 1 aromatic rings. The fraction of sp³-hybridized carbons (Fsp3) is 0.733. The molecule has 0 spiro atoms. The van der Waals surface area contributed by atoms with Crippen molar-refractivity contribution in [1.29, 1.82) is 0 Å². The highest BCUT2D eigenvalue weighted by molar-refractivity contribution is 7.91. The summed E-state index contributed by atoms with van der Waals surface area (Å²) >= 11 is 1.38. The second-order valence-electron chi connectivity index (χ2n) is 6.05. The molecule has 0 aliphatic heterocycles. The minimum atomic E-state index is -3.37. The third-order valence-corrected chi connectivity index (χ3v) is 7.02. The number of rotatable bonds is 9. The van der Waals surface area contributed by atoms with Crippen molar-refractivity contribution in [3.05, 3.63) is 16.5 Å². The van der Waals surface area contributed by atoms with Crippen molar-refractivity contribution < 1.29 is 8.42 Å². The topological polar surface area (TPSA) is 58.2 Å². The fourth-order valence-corrected chi connectivity index (χ4v) is 5.23. The van der Waals surface area contributed by atoms with Gasteiger partial charge in [0, 0.05) is 17.5 Å². The predicted octanol–water partition coefficient (Wildman–Crippen LogP) is 3.02. The fourth-order valence-electron chi connectivity index (χ4n) is 2.40. The molecule has 2 N–H and O–H groups in total. The Bertz CT molecular complexity index is 562. The van der Waals surface area contributed by atoms with Crippen molar-refractivity contribution in [3.63, 3.8) is 0 Å². The van der Waals surface area contributed by atoms with Gasteiger partial charge in [-0.1, -0.05) is 19.8 Å². The van der Waals surface area contributed by atoms with E-state index in [9.17, 15) is 8.42 Å². The SMILES string of the molecule is CCCNCc1sc(S(=O)(=O)NC(C)CC2CC2)cc1C. The average molecular weight is 331 g/mol. The van der Waals surface area contributed by atoms with Gasteiger partial charge in [-0.15, -0.1) is 11.3 Å². The number of hydrogen-bond acceptors (Lipinski definition) is 4. The zero-order valence-electron chi connectivity index (χ0n) is 13.1. The Morgan fingerprint density at radius 3 is 2.76 bits per heavy atom. The first-order chi connectivity index (χ1) is 9.92. The standard InChI is InChI=1S/C15H26N2O2S2/c1-4-7-16-10-14-11(2)8-15(20-14)21(18,19)17-12(3)9-13-5-6-13/h8,12-13,16-17H,4-7,9-10H2,1-3H3. The summed E-state index contributed by atoms with van der Waals surface area (Å²) in [5.74, 6) is 0.724. The van der Waals surface area contributed by atoms with Crippen LogP contribution in [0, 0.1) is 12.8 Å². The Hall–Kier alpha value is -0.430. The Labute approximate surface area is 132 Å². The lowest BCUT2D eigenvalue weighted by atomic mass is 10.2. The summed E-state index contributed by atoms with van der Waals surface area (Å²) in [4.78, 5) is 1.11. The average Bonchev–Trinajstić information content (AvgIpc) is 3.11. The van der Waals surface area contributed by atoms with Gasteiger partial charge in [-0.3, -0.25) is 0 Å². The van der Waals surface area contributed by atoms with E-state index >= 15 is 0 Å². The van der Waals surface area contributed by atoms with Crippen LogP contribution in [-0.4, -0.2) is 21.0 Å². The zero-order chi connectivity index (χ0) is 15.5. The van der Waals surface area contributed by atoms with Crippen molar-refractivity contribution >= 4 is 21.4 Å². The van der Waals surface area contributed by atoms with Crippen molar-refractivity contribution in [2.45, 2.75) is 63.3 Å². The maximum atomic E-state index is 12.4. The molecule has 21 heavy (non-hydrogen) atoms. The van der Waals surface area contributed by atoms with Crippen molar-refractivity contribution in [1.82, 2.24) is 10.0 Å². The molecule has 120 valence electrons. The largest absolute Gasteiger partial charge is 0.312 e. The summed E-state index contributed by atoms with van der Waals surface area (Å²) < 4.78 is 28.1. The second kappa shape index (κ2) is 7.22. The van der Waals surface area contributed by atoms with Crippen molar-refractivity contribution in [3.8, 4) is 0 Å². The van der Waals surface area contributed by atoms with Gasteiger partial charge in [-0.25, -0.2) is 13.1 Å². The van der Waals surface area contributed by atoms with Gasteiger partial charge in [-0.05, 0) is 50.8 Å². The van der Waals surface area contributed by atoms with E-state index in [0.717, 1.165) is 42.3 Å². The summed E-state index contributed by atoms with van der Waals surface area (Å²) in [6.07, 6.45) is 4.53. The van der Waals surface area contributed by atoms with Gasteiger partial charge in [-0.2, -0.15) is 0 Å². The number of hydrogen-bond donors (Lipinski definition) is 2. The molecule has 1 aliphatic rings. The summed E-state index contributed by atoms with van der Waals surface area (Å²) in [7, 11) is -3.37. The van der Waals surface area contributed by atoms with Crippen LogP contribution in [0.25, 0.3) is 0 Å². The Morgan fingerprint density at radius 2 is 2.14 bits per heavy atom. The molecule has 1 fully saturated rings. The van der Waals surface area contributed by atoms with Gasteiger partial charge >= 0.3 is 0 Å². The molecule has 1 unspecified atom stereocenters. The molecule has 1 aromatic heterocycles. The van der Waals surface area contributed by atoms with E-state index < -0.39 is 10.0 Å². The molecule has 1 saturated carbocycles. The summed E-state index contributed by atoms with van der Waals surface area (Å²) in [6, 6.07) is 1.81. The molecular weight excluding hydrogens is 304 g/mol. The van der Waals surface area contributed by atoms with Gasteiger partial charge in [0.15, 0.2) is 0 Å². The molecule has 0 amide bonds. The van der Waals surface area contributed by atoms with E-state index in [0.29, 0.717) is 4.21 Å². The van der Waals surface area contributed by atoms with Crippen molar-refractivity contribution in [2.75, 3.05) is 6.54 Å².